The first-order valence-corrected chi connectivity index (χ1v) is 7.56. The van der Waals surface area contributed by atoms with E-state index in [2.05, 4.69) is 0 Å². The van der Waals surface area contributed by atoms with Gasteiger partial charge in [-0.2, -0.15) is 4.39 Å². The number of halogens is 2. The lowest BCUT2D eigenvalue weighted by atomic mass is 10.2. The standard InChI is InChI=1S/C11H14F2NO5P/c1-3-18-20(17,19-4-2)7-8-5-10(13)11(14(15)16)6-9(8)12/h5-6H,3-4,7H2,1-2H3. The van der Waals surface area contributed by atoms with Crippen LogP contribution >= 0.6 is 7.60 Å². The minimum absolute atomic E-state index is 0.0777. The Hall–Kier alpha value is -1.37. The van der Waals surface area contributed by atoms with Crippen LogP contribution in [0.4, 0.5) is 14.5 Å². The highest BCUT2D eigenvalue weighted by molar-refractivity contribution is 7.53. The molecule has 0 unspecified atom stereocenters. The van der Waals surface area contributed by atoms with Crippen molar-refractivity contribution >= 4 is 13.3 Å². The molecule has 1 aromatic carbocycles. The van der Waals surface area contributed by atoms with Crippen molar-refractivity contribution < 1.29 is 27.3 Å². The zero-order chi connectivity index (χ0) is 15.3. The third-order valence-electron chi connectivity index (χ3n) is 2.33. The van der Waals surface area contributed by atoms with Gasteiger partial charge in [-0.25, -0.2) is 4.39 Å². The van der Waals surface area contributed by atoms with Crippen LogP contribution in [0, 0.1) is 21.7 Å². The van der Waals surface area contributed by atoms with Crippen LogP contribution in [0.3, 0.4) is 0 Å². The Morgan fingerprint density at radius 3 is 2.20 bits per heavy atom. The molecule has 0 aliphatic heterocycles. The molecule has 20 heavy (non-hydrogen) atoms. The quantitative estimate of drug-likeness (QED) is 0.436. The number of benzene rings is 1. The van der Waals surface area contributed by atoms with Gasteiger partial charge in [-0.05, 0) is 19.9 Å². The summed E-state index contributed by atoms with van der Waals surface area (Å²) in [5.41, 5.74) is -1.27. The number of nitrogens with zero attached hydrogens (tertiary/aromatic N) is 1. The predicted octanol–water partition coefficient (Wildman–Crippen LogP) is 3.64. The van der Waals surface area contributed by atoms with Crippen molar-refractivity contribution in [1.29, 1.82) is 0 Å². The summed E-state index contributed by atoms with van der Waals surface area (Å²) in [7, 11) is -3.60. The zero-order valence-electron chi connectivity index (χ0n) is 11.0. The molecular formula is C11H14F2NO5P. The second-order valence-corrected chi connectivity index (χ2v) is 5.81. The van der Waals surface area contributed by atoms with E-state index in [-0.39, 0.29) is 18.8 Å². The molecule has 112 valence electrons. The van der Waals surface area contributed by atoms with E-state index in [4.69, 9.17) is 9.05 Å². The van der Waals surface area contributed by atoms with Crippen molar-refractivity contribution in [3.8, 4) is 0 Å². The largest absolute Gasteiger partial charge is 0.335 e. The highest BCUT2D eigenvalue weighted by atomic mass is 31.2. The van der Waals surface area contributed by atoms with Gasteiger partial charge in [-0.3, -0.25) is 14.7 Å². The molecule has 0 aromatic heterocycles. The molecule has 0 saturated heterocycles. The van der Waals surface area contributed by atoms with E-state index in [9.17, 15) is 23.5 Å². The molecule has 6 nitrogen and oxygen atoms in total. The van der Waals surface area contributed by atoms with Crippen LogP contribution in [0.2, 0.25) is 0 Å². The third kappa shape index (κ3) is 4.06. The van der Waals surface area contributed by atoms with Gasteiger partial charge in [0.15, 0.2) is 0 Å². The maximum Gasteiger partial charge on any atom is 0.335 e. The number of hydrogen-bond donors (Lipinski definition) is 0. The van der Waals surface area contributed by atoms with Gasteiger partial charge in [0, 0.05) is 5.56 Å². The highest BCUT2D eigenvalue weighted by Crippen LogP contribution is 2.51. The van der Waals surface area contributed by atoms with Crippen LogP contribution in [-0.4, -0.2) is 18.1 Å². The number of rotatable bonds is 7. The van der Waals surface area contributed by atoms with Crippen LogP contribution in [0.5, 0.6) is 0 Å². The minimum Gasteiger partial charge on any atom is -0.309 e. The molecule has 0 bridgehead atoms. The fraction of sp³-hybridized carbons (Fsp3) is 0.455. The number of nitro benzene ring substituents is 1. The molecule has 0 aliphatic carbocycles. The van der Waals surface area contributed by atoms with Crippen molar-refractivity contribution in [2.24, 2.45) is 0 Å². The molecule has 0 saturated carbocycles. The predicted molar refractivity (Wildman–Crippen MR) is 67.6 cm³/mol. The average Bonchev–Trinajstić information content (AvgIpc) is 2.33. The van der Waals surface area contributed by atoms with E-state index in [0.29, 0.717) is 12.1 Å². The molecule has 1 rings (SSSR count). The Morgan fingerprint density at radius 2 is 1.75 bits per heavy atom. The summed E-state index contributed by atoms with van der Waals surface area (Å²) in [6, 6.07) is 1.09. The topological polar surface area (TPSA) is 78.7 Å². The first kappa shape index (κ1) is 16.7. The van der Waals surface area contributed by atoms with Crippen LogP contribution in [0.15, 0.2) is 12.1 Å². The van der Waals surface area contributed by atoms with E-state index in [1.807, 2.05) is 0 Å². The molecule has 0 amide bonds. The molecule has 0 N–H and O–H groups in total. The lowest BCUT2D eigenvalue weighted by Gasteiger charge is -2.17. The van der Waals surface area contributed by atoms with E-state index >= 15 is 0 Å². The summed E-state index contributed by atoms with van der Waals surface area (Å²) in [5, 5.41) is 10.5. The molecule has 0 atom stereocenters. The van der Waals surface area contributed by atoms with Crippen LogP contribution < -0.4 is 0 Å². The van der Waals surface area contributed by atoms with Gasteiger partial charge in [0.2, 0.25) is 5.82 Å². The Morgan fingerprint density at radius 1 is 1.20 bits per heavy atom. The Kier molecular flexibility index (Phi) is 5.74. The van der Waals surface area contributed by atoms with Gasteiger partial charge < -0.3 is 9.05 Å². The monoisotopic (exact) mass is 309 g/mol. The molecule has 0 aliphatic rings. The molecule has 0 heterocycles. The van der Waals surface area contributed by atoms with Crippen LogP contribution in [0.25, 0.3) is 0 Å². The van der Waals surface area contributed by atoms with Gasteiger partial charge in [0.1, 0.15) is 5.82 Å². The maximum absolute atomic E-state index is 13.7. The summed E-state index contributed by atoms with van der Waals surface area (Å²) >= 11 is 0. The van der Waals surface area contributed by atoms with Crippen molar-refractivity contribution in [2.75, 3.05) is 13.2 Å². The molecular weight excluding hydrogens is 295 g/mol. The zero-order valence-corrected chi connectivity index (χ0v) is 11.9. The van der Waals surface area contributed by atoms with Crippen molar-refractivity contribution in [2.45, 2.75) is 20.0 Å². The van der Waals surface area contributed by atoms with Crippen molar-refractivity contribution in [3.05, 3.63) is 39.4 Å². The van der Waals surface area contributed by atoms with Gasteiger partial charge in [-0.15, -0.1) is 0 Å². The van der Waals surface area contributed by atoms with Crippen molar-refractivity contribution in [3.63, 3.8) is 0 Å². The van der Waals surface area contributed by atoms with Crippen LogP contribution in [0.1, 0.15) is 19.4 Å². The third-order valence-corrected chi connectivity index (χ3v) is 4.36. The second-order valence-electron chi connectivity index (χ2n) is 3.76. The molecule has 0 fully saturated rings. The average molecular weight is 309 g/mol. The SMILES string of the molecule is CCOP(=O)(Cc1cc(F)c([N+](=O)[O-])cc1F)OCC. The fourth-order valence-electron chi connectivity index (χ4n) is 1.57. The summed E-state index contributed by atoms with van der Waals surface area (Å²) in [5.74, 6) is -2.23. The first-order chi connectivity index (χ1) is 9.33. The van der Waals surface area contributed by atoms with Gasteiger partial charge in [0.25, 0.3) is 0 Å². The summed E-state index contributed by atoms with van der Waals surface area (Å²) in [4.78, 5) is 9.44. The maximum atomic E-state index is 13.7. The highest BCUT2D eigenvalue weighted by Gasteiger charge is 2.28. The lowest BCUT2D eigenvalue weighted by molar-refractivity contribution is -0.387. The number of nitro groups is 1. The van der Waals surface area contributed by atoms with Gasteiger partial charge >= 0.3 is 13.3 Å². The van der Waals surface area contributed by atoms with Crippen LogP contribution in [-0.2, 0) is 19.8 Å². The minimum atomic E-state index is -3.60. The molecule has 0 spiro atoms. The normalized spacial score (nSPS) is 11.6. The molecule has 1 aromatic rings. The molecule has 9 heteroatoms. The Balaban J connectivity index is 3.11. The summed E-state index contributed by atoms with van der Waals surface area (Å²) in [6.07, 6.45) is -0.491. The summed E-state index contributed by atoms with van der Waals surface area (Å²) < 4.78 is 49.3. The number of hydrogen-bond acceptors (Lipinski definition) is 5. The van der Waals surface area contributed by atoms with Gasteiger partial charge in [-0.1, -0.05) is 0 Å². The van der Waals surface area contributed by atoms with Gasteiger partial charge in [0.05, 0.1) is 30.4 Å². The van der Waals surface area contributed by atoms with E-state index < -0.39 is 36.0 Å². The smallest absolute Gasteiger partial charge is 0.309 e. The Labute approximate surface area is 114 Å². The Bertz CT molecular complexity index is 542. The second kappa shape index (κ2) is 6.88. The lowest BCUT2D eigenvalue weighted by Crippen LogP contribution is -2.03. The summed E-state index contributed by atoms with van der Waals surface area (Å²) in [6.45, 7) is 3.32. The molecule has 0 radical (unpaired) electrons. The van der Waals surface area contributed by atoms with Crippen molar-refractivity contribution in [1.82, 2.24) is 0 Å². The fourth-order valence-corrected chi connectivity index (χ4v) is 3.27. The van der Waals surface area contributed by atoms with E-state index in [1.165, 1.54) is 0 Å². The van der Waals surface area contributed by atoms with E-state index in [1.54, 1.807) is 13.8 Å². The van der Waals surface area contributed by atoms with E-state index in [0.717, 1.165) is 0 Å². The first-order valence-electron chi connectivity index (χ1n) is 5.83.